The smallest absolute Gasteiger partial charge is 0.320 e. The number of ether oxygens (including phenoxy) is 2. The second-order valence-corrected chi connectivity index (χ2v) is 10.7. The molecule has 4 aliphatic heterocycles. The Hall–Kier alpha value is -2.97. The van der Waals surface area contributed by atoms with Crippen molar-refractivity contribution in [1.29, 1.82) is 0 Å². The van der Waals surface area contributed by atoms with Crippen LogP contribution in [0, 0.1) is 17.8 Å². The lowest BCUT2D eigenvalue weighted by atomic mass is 9.76. The van der Waals surface area contributed by atoms with E-state index in [4.69, 9.17) is 9.47 Å². The number of benzene rings is 1. The van der Waals surface area contributed by atoms with Crippen LogP contribution in [0.2, 0.25) is 0 Å². The quantitative estimate of drug-likeness (QED) is 0.674. The van der Waals surface area contributed by atoms with Gasteiger partial charge in [0, 0.05) is 63.2 Å². The van der Waals surface area contributed by atoms with Gasteiger partial charge in [-0.1, -0.05) is 0 Å². The second-order valence-electron chi connectivity index (χ2n) is 10.7. The summed E-state index contributed by atoms with van der Waals surface area (Å²) in [5, 5.41) is 3.04. The lowest BCUT2D eigenvalue weighted by Crippen LogP contribution is -2.62. The van der Waals surface area contributed by atoms with Crippen molar-refractivity contribution in [3.8, 4) is 11.5 Å². The van der Waals surface area contributed by atoms with Crippen LogP contribution in [-0.4, -0.2) is 85.5 Å². The van der Waals surface area contributed by atoms with Crippen molar-refractivity contribution in [3.05, 3.63) is 23.8 Å². The van der Waals surface area contributed by atoms with E-state index < -0.39 is 0 Å². The number of nitrogens with one attached hydrogen (secondary N) is 1. The lowest BCUT2D eigenvalue weighted by Gasteiger charge is -2.53. The number of piperidine rings is 4. The molecule has 4 amide bonds. The monoisotopic (exact) mass is 498 g/mol. The van der Waals surface area contributed by atoms with Gasteiger partial charge in [0.05, 0.1) is 14.2 Å². The first-order valence-electron chi connectivity index (χ1n) is 13.3. The molecule has 0 saturated carbocycles. The zero-order valence-corrected chi connectivity index (χ0v) is 21.4. The van der Waals surface area contributed by atoms with Crippen LogP contribution < -0.4 is 14.8 Å². The third-order valence-electron chi connectivity index (χ3n) is 8.53. The number of hydrogen-bond donors (Lipinski definition) is 1. The van der Waals surface area contributed by atoms with Gasteiger partial charge in [-0.3, -0.25) is 9.59 Å². The summed E-state index contributed by atoms with van der Waals surface area (Å²) in [6.07, 6.45) is 5.16. The molecular formula is C27H38N4O5. The summed E-state index contributed by atoms with van der Waals surface area (Å²) in [4.78, 5) is 44.7. The fourth-order valence-electron chi connectivity index (χ4n) is 6.65. The largest absolute Gasteiger partial charge is 0.497 e. The molecule has 4 fully saturated rings. The molecule has 1 aromatic carbocycles. The van der Waals surface area contributed by atoms with Crippen LogP contribution in [0.1, 0.15) is 44.1 Å². The Balaban J connectivity index is 1.12. The van der Waals surface area contributed by atoms with Crippen LogP contribution in [0.15, 0.2) is 18.2 Å². The molecule has 0 aliphatic carbocycles. The molecule has 2 bridgehead atoms. The fraction of sp³-hybridized carbons (Fsp3) is 0.667. The number of amides is 4. The molecule has 4 saturated heterocycles. The minimum atomic E-state index is -0.104. The highest BCUT2D eigenvalue weighted by molar-refractivity contribution is 5.80. The SMILES string of the molecule is COc1ccc(OC)c(CNC(=O)C2CCN(C(=O)N3CC4CC(C3)[C@H]3CCCC(=O)N3C4)CC2)c1. The first-order valence-corrected chi connectivity index (χ1v) is 13.3. The van der Waals surface area contributed by atoms with E-state index in [1.807, 2.05) is 28.0 Å². The molecule has 1 aromatic rings. The van der Waals surface area contributed by atoms with Crippen LogP contribution in [0.4, 0.5) is 4.79 Å². The average Bonchev–Trinajstić information content (AvgIpc) is 2.91. The maximum Gasteiger partial charge on any atom is 0.320 e. The number of carbonyl (C=O) groups is 3. The first-order chi connectivity index (χ1) is 17.5. The maximum absolute atomic E-state index is 13.4. The molecule has 36 heavy (non-hydrogen) atoms. The summed E-state index contributed by atoms with van der Waals surface area (Å²) in [7, 11) is 3.22. The summed E-state index contributed by atoms with van der Waals surface area (Å²) < 4.78 is 10.7. The number of urea groups is 1. The number of fused-ring (bicyclic) bond motifs is 4. The van der Waals surface area contributed by atoms with Gasteiger partial charge in [0.25, 0.3) is 0 Å². The van der Waals surface area contributed by atoms with Crippen LogP contribution in [-0.2, 0) is 16.1 Å². The molecule has 4 heterocycles. The van der Waals surface area contributed by atoms with Gasteiger partial charge in [0.2, 0.25) is 11.8 Å². The molecule has 2 unspecified atom stereocenters. The van der Waals surface area contributed by atoms with Crippen molar-refractivity contribution < 1.29 is 23.9 Å². The van der Waals surface area contributed by atoms with E-state index in [-0.39, 0.29) is 17.9 Å². The molecule has 5 rings (SSSR count). The van der Waals surface area contributed by atoms with Crippen molar-refractivity contribution in [2.24, 2.45) is 17.8 Å². The molecule has 0 spiro atoms. The summed E-state index contributed by atoms with van der Waals surface area (Å²) in [6, 6.07) is 5.94. The van der Waals surface area contributed by atoms with E-state index in [0.29, 0.717) is 68.4 Å². The number of rotatable bonds is 5. The summed E-state index contributed by atoms with van der Waals surface area (Å²) in [5.41, 5.74) is 0.867. The van der Waals surface area contributed by atoms with Gasteiger partial charge >= 0.3 is 6.03 Å². The van der Waals surface area contributed by atoms with E-state index in [0.717, 1.165) is 50.2 Å². The summed E-state index contributed by atoms with van der Waals surface area (Å²) >= 11 is 0. The summed E-state index contributed by atoms with van der Waals surface area (Å²) in [6.45, 7) is 3.83. The number of hydrogen-bond acceptors (Lipinski definition) is 5. The Labute approximate surface area is 213 Å². The Morgan fingerprint density at radius 1 is 1.03 bits per heavy atom. The van der Waals surface area contributed by atoms with Gasteiger partial charge < -0.3 is 29.5 Å². The molecule has 196 valence electrons. The van der Waals surface area contributed by atoms with E-state index in [9.17, 15) is 14.4 Å². The fourth-order valence-corrected chi connectivity index (χ4v) is 6.65. The van der Waals surface area contributed by atoms with Crippen LogP contribution >= 0.6 is 0 Å². The van der Waals surface area contributed by atoms with Gasteiger partial charge in [-0.2, -0.15) is 0 Å². The molecule has 0 aromatic heterocycles. The number of methoxy groups -OCH3 is 2. The highest BCUT2D eigenvalue weighted by Gasteiger charge is 2.45. The predicted octanol–water partition coefficient (Wildman–Crippen LogP) is 2.48. The number of carbonyl (C=O) groups excluding carboxylic acids is 3. The second kappa shape index (κ2) is 10.6. The van der Waals surface area contributed by atoms with E-state index in [1.165, 1.54) is 0 Å². The maximum atomic E-state index is 13.4. The lowest BCUT2D eigenvalue weighted by molar-refractivity contribution is -0.144. The van der Waals surface area contributed by atoms with Gasteiger partial charge in [0.15, 0.2) is 0 Å². The molecular weight excluding hydrogens is 460 g/mol. The average molecular weight is 499 g/mol. The van der Waals surface area contributed by atoms with Gasteiger partial charge in [-0.15, -0.1) is 0 Å². The normalized spacial score (nSPS) is 26.3. The zero-order valence-electron chi connectivity index (χ0n) is 21.4. The van der Waals surface area contributed by atoms with Crippen molar-refractivity contribution in [1.82, 2.24) is 20.0 Å². The Morgan fingerprint density at radius 2 is 1.83 bits per heavy atom. The minimum Gasteiger partial charge on any atom is -0.497 e. The summed E-state index contributed by atoms with van der Waals surface area (Å²) in [5.74, 6) is 2.41. The van der Waals surface area contributed by atoms with Crippen molar-refractivity contribution in [2.75, 3.05) is 46.9 Å². The Kier molecular flexibility index (Phi) is 7.25. The Bertz CT molecular complexity index is 992. The number of likely N-dealkylation sites (tertiary alicyclic amines) is 2. The van der Waals surface area contributed by atoms with E-state index in [2.05, 4.69) is 10.2 Å². The predicted molar refractivity (Wildman–Crippen MR) is 134 cm³/mol. The van der Waals surface area contributed by atoms with Crippen LogP contribution in [0.25, 0.3) is 0 Å². The zero-order chi connectivity index (χ0) is 25.2. The van der Waals surface area contributed by atoms with Crippen LogP contribution in [0.3, 0.4) is 0 Å². The first kappa shape index (κ1) is 24.7. The van der Waals surface area contributed by atoms with Crippen LogP contribution in [0.5, 0.6) is 11.5 Å². The third kappa shape index (κ3) is 4.97. The van der Waals surface area contributed by atoms with Crippen molar-refractivity contribution in [3.63, 3.8) is 0 Å². The molecule has 1 N–H and O–H groups in total. The highest BCUT2D eigenvalue weighted by atomic mass is 16.5. The van der Waals surface area contributed by atoms with E-state index >= 15 is 0 Å². The van der Waals surface area contributed by atoms with Crippen molar-refractivity contribution >= 4 is 17.8 Å². The molecule has 4 aliphatic rings. The van der Waals surface area contributed by atoms with Gasteiger partial charge in [-0.25, -0.2) is 4.79 Å². The molecule has 3 atom stereocenters. The number of nitrogens with zero attached hydrogens (tertiary/aromatic N) is 3. The minimum absolute atomic E-state index is 0.0153. The highest BCUT2D eigenvalue weighted by Crippen LogP contribution is 2.38. The molecule has 9 nitrogen and oxygen atoms in total. The molecule has 9 heteroatoms. The van der Waals surface area contributed by atoms with Gasteiger partial charge in [-0.05, 0) is 62.1 Å². The van der Waals surface area contributed by atoms with Gasteiger partial charge in [0.1, 0.15) is 11.5 Å². The van der Waals surface area contributed by atoms with E-state index in [1.54, 1.807) is 14.2 Å². The Morgan fingerprint density at radius 3 is 2.58 bits per heavy atom. The standard InChI is InChI=1S/C27H38N4O5/c1-35-22-6-7-24(36-2)20(13-22)14-28-26(33)19-8-10-29(11-9-19)27(34)30-15-18-12-21(17-30)23-4-3-5-25(32)31(23)16-18/h6-7,13,18-19,21,23H,3-5,8-12,14-17H2,1-2H3,(H,28,33)/t18?,21?,23-/m1/s1. The third-order valence-corrected chi connectivity index (χ3v) is 8.53. The molecule has 0 radical (unpaired) electrons. The van der Waals surface area contributed by atoms with Crippen molar-refractivity contribution in [2.45, 2.75) is 51.1 Å². The topological polar surface area (TPSA) is 91.4 Å².